The molecule has 1 aliphatic carbocycles. The lowest BCUT2D eigenvalue weighted by Crippen LogP contribution is -2.35. The maximum absolute atomic E-state index is 12.0. The van der Waals surface area contributed by atoms with Crippen LogP contribution in [0.5, 0.6) is 0 Å². The van der Waals surface area contributed by atoms with Crippen molar-refractivity contribution in [3.05, 3.63) is 29.8 Å². The van der Waals surface area contributed by atoms with Crippen LogP contribution in [0.4, 0.5) is 5.69 Å². The van der Waals surface area contributed by atoms with E-state index in [4.69, 9.17) is 0 Å². The first-order valence-electron chi connectivity index (χ1n) is 9.88. The Kier molecular flexibility index (Phi) is 6.71. The molecule has 1 saturated heterocycles. The number of rotatable bonds is 4. The maximum Gasteiger partial charge on any atom is 0.226 e. The van der Waals surface area contributed by atoms with E-state index in [-0.39, 0.29) is 11.8 Å². The highest BCUT2D eigenvalue weighted by atomic mass is 16.2. The van der Waals surface area contributed by atoms with Gasteiger partial charge in [0.2, 0.25) is 11.8 Å². The predicted molar refractivity (Wildman–Crippen MR) is 104 cm³/mol. The van der Waals surface area contributed by atoms with Crippen LogP contribution in [-0.2, 0) is 9.59 Å². The molecule has 2 aliphatic rings. The van der Waals surface area contributed by atoms with E-state index in [2.05, 4.69) is 17.2 Å². The summed E-state index contributed by atoms with van der Waals surface area (Å²) in [5.74, 6) is 6.97. The molecule has 2 fully saturated rings. The smallest absolute Gasteiger partial charge is 0.226 e. The molecule has 0 unspecified atom stereocenters. The Balaban J connectivity index is 1.44. The van der Waals surface area contributed by atoms with Crippen LogP contribution in [0.3, 0.4) is 0 Å². The first kappa shape index (κ1) is 18.5. The summed E-state index contributed by atoms with van der Waals surface area (Å²) >= 11 is 0. The Morgan fingerprint density at radius 1 is 1.08 bits per heavy atom. The first-order chi connectivity index (χ1) is 12.7. The summed E-state index contributed by atoms with van der Waals surface area (Å²) < 4.78 is 0. The summed E-state index contributed by atoms with van der Waals surface area (Å²) in [6.07, 6.45) is 9.54. The highest BCUT2D eigenvalue weighted by molar-refractivity contribution is 5.94. The Morgan fingerprint density at radius 2 is 1.85 bits per heavy atom. The zero-order chi connectivity index (χ0) is 18.2. The van der Waals surface area contributed by atoms with Gasteiger partial charge in [-0.05, 0) is 55.9 Å². The van der Waals surface area contributed by atoms with Gasteiger partial charge in [0.05, 0.1) is 6.54 Å². The van der Waals surface area contributed by atoms with E-state index >= 15 is 0 Å². The van der Waals surface area contributed by atoms with Gasteiger partial charge in [-0.25, -0.2) is 0 Å². The number of carbonyl (C=O) groups is 2. The van der Waals surface area contributed by atoms with Gasteiger partial charge in [-0.1, -0.05) is 31.1 Å². The minimum atomic E-state index is 0.116. The molecule has 0 bridgehead atoms. The van der Waals surface area contributed by atoms with Gasteiger partial charge in [0.1, 0.15) is 0 Å². The standard InChI is InChI=1S/C22H28N2O2/c25-21(17-19-7-2-1-3-8-19)23-15-6-9-18-11-13-20(14-12-18)24-16-5-4-10-22(24)26/h11-14,19H,1-5,7-8,10,15-17H2,(H,23,25). The molecule has 138 valence electrons. The van der Waals surface area contributed by atoms with Gasteiger partial charge in [-0.15, -0.1) is 0 Å². The average Bonchev–Trinajstić information content (AvgIpc) is 2.67. The van der Waals surface area contributed by atoms with Crippen LogP contribution in [0.2, 0.25) is 0 Å². The SMILES string of the molecule is O=C(CC1CCCCC1)NCC#Cc1ccc(N2CCCCC2=O)cc1. The van der Waals surface area contributed by atoms with Gasteiger partial charge in [0.25, 0.3) is 0 Å². The lowest BCUT2D eigenvalue weighted by Gasteiger charge is -2.26. The number of benzene rings is 1. The van der Waals surface area contributed by atoms with Crippen molar-refractivity contribution in [2.24, 2.45) is 5.92 Å². The highest BCUT2D eigenvalue weighted by Gasteiger charge is 2.19. The molecule has 0 atom stereocenters. The summed E-state index contributed by atoms with van der Waals surface area (Å²) in [6.45, 7) is 1.19. The second kappa shape index (κ2) is 9.43. The predicted octanol–water partition coefficient (Wildman–Crippen LogP) is 3.64. The fourth-order valence-corrected chi connectivity index (χ4v) is 3.82. The molecule has 3 rings (SSSR count). The number of hydrogen-bond donors (Lipinski definition) is 1. The molecule has 26 heavy (non-hydrogen) atoms. The Labute approximate surface area is 156 Å². The summed E-state index contributed by atoms with van der Waals surface area (Å²) in [5, 5.41) is 2.90. The number of nitrogens with one attached hydrogen (secondary N) is 1. The van der Waals surface area contributed by atoms with E-state index in [1.807, 2.05) is 29.2 Å². The second-order valence-corrected chi connectivity index (χ2v) is 7.34. The Morgan fingerprint density at radius 3 is 2.58 bits per heavy atom. The number of piperidine rings is 1. The third-order valence-electron chi connectivity index (χ3n) is 5.31. The van der Waals surface area contributed by atoms with E-state index in [0.29, 0.717) is 25.3 Å². The van der Waals surface area contributed by atoms with Crippen LogP contribution in [0.15, 0.2) is 24.3 Å². The van der Waals surface area contributed by atoms with E-state index in [1.54, 1.807) is 0 Å². The van der Waals surface area contributed by atoms with E-state index in [9.17, 15) is 9.59 Å². The van der Waals surface area contributed by atoms with Gasteiger partial charge in [-0.2, -0.15) is 0 Å². The fraction of sp³-hybridized carbons (Fsp3) is 0.545. The molecule has 4 heteroatoms. The van der Waals surface area contributed by atoms with Crippen molar-refractivity contribution in [1.29, 1.82) is 0 Å². The quantitative estimate of drug-likeness (QED) is 0.841. The third-order valence-corrected chi connectivity index (χ3v) is 5.31. The van der Waals surface area contributed by atoms with Crippen molar-refractivity contribution >= 4 is 17.5 Å². The van der Waals surface area contributed by atoms with Gasteiger partial charge < -0.3 is 10.2 Å². The molecule has 0 radical (unpaired) electrons. The molecule has 0 spiro atoms. The molecule has 1 N–H and O–H groups in total. The first-order valence-corrected chi connectivity index (χ1v) is 9.88. The van der Waals surface area contributed by atoms with Gasteiger partial charge in [0.15, 0.2) is 0 Å². The topological polar surface area (TPSA) is 49.4 Å². The van der Waals surface area contributed by atoms with E-state index in [1.165, 1.54) is 32.1 Å². The molecule has 1 aromatic rings. The number of hydrogen-bond acceptors (Lipinski definition) is 2. The summed E-state index contributed by atoms with van der Waals surface area (Å²) in [4.78, 5) is 25.8. The molecular formula is C22H28N2O2. The second-order valence-electron chi connectivity index (χ2n) is 7.34. The number of nitrogens with zero attached hydrogens (tertiary/aromatic N) is 1. The van der Waals surface area contributed by atoms with Crippen molar-refractivity contribution in [3.8, 4) is 11.8 Å². The average molecular weight is 352 g/mol. The molecule has 1 aromatic carbocycles. The van der Waals surface area contributed by atoms with Crippen molar-refractivity contribution < 1.29 is 9.59 Å². The lowest BCUT2D eigenvalue weighted by atomic mass is 9.87. The van der Waals surface area contributed by atoms with Crippen molar-refractivity contribution in [3.63, 3.8) is 0 Å². The largest absolute Gasteiger partial charge is 0.345 e. The molecule has 1 aliphatic heterocycles. The fourth-order valence-electron chi connectivity index (χ4n) is 3.82. The number of carbonyl (C=O) groups excluding carboxylic acids is 2. The van der Waals surface area contributed by atoms with Crippen LogP contribution in [0.25, 0.3) is 0 Å². The van der Waals surface area contributed by atoms with E-state index < -0.39 is 0 Å². The minimum absolute atomic E-state index is 0.116. The van der Waals surface area contributed by atoms with Crippen molar-refractivity contribution in [2.75, 3.05) is 18.0 Å². The molecule has 0 aromatic heterocycles. The van der Waals surface area contributed by atoms with Crippen LogP contribution >= 0.6 is 0 Å². The Bertz CT molecular complexity index is 678. The molecular weight excluding hydrogens is 324 g/mol. The zero-order valence-corrected chi connectivity index (χ0v) is 15.4. The summed E-state index contributed by atoms with van der Waals surface area (Å²) in [7, 11) is 0. The maximum atomic E-state index is 12.0. The molecule has 2 amide bonds. The molecule has 4 nitrogen and oxygen atoms in total. The minimum Gasteiger partial charge on any atom is -0.345 e. The summed E-state index contributed by atoms with van der Waals surface area (Å²) in [5.41, 5.74) is 1.85. The van der Waals surface area contributed by atoms with Crippen molar-refractivity contribution in [2.45, 2.75) is 57.8 Å². The third kappa shape index (κ3) is 5.36. The van der Waals surface area contributed by atoms with Crippen LogP contribution < -0.4 is 10.2 Å². The zero-order valence-electron chi connectivity index (χ0n) is 15.4. The summed E-state index contributed by atoms with van der Waals surface area (Å²) in [6, 6.07) is 7.78. The van der Waals surface area contributed by atoms with E-state index in [0.717, 1.165) is 30.6 Å². The van der Waals surface area contributed by atoms with Gasteiger partial charge >= 0.3 is 0 Å². The van der Waals surface area contributed by atoms with Crippen LogP contribution in [0, 0.1) is 17.8 Å². The molecule has 1 saturated carbocycles. The van der Waals surface area contributed by atoms with Crippen LogP contribution in [-0.4, -0.2) is 24.9 Å². The number of anilines is 1. The van der Waals surface area contributed by atoms with Crippen molar-refractivity contribution in [1.82, 2.24) is 5.32 Å². The number of amides is 2. The van der Waals surface area contributed by atoms with Gasteiger partial charge in [-0.3, -0.25) is 9.59 Å². The Hall–Kier alpha value is -2.28. The van der Waals surface area contributed by atoms with Gasteiger partial charge in [0, 0.05) is 30.6 Å². The highest BCUT2D eigenvalue weighted by Crippen LogP contribution is 2.26. The lowest BCUT2D eigenvalue weighted by molar-refractivity contribution is -0.122. The normalized spacial score (nSPS) is 18.2. The molecule has 1 heterocycles. The van der Waals surface area contributed by atoms with Crippen LogP contribution in [0.1, 0.15) is 63.4 Å². The monoisotopic (exact) mass is 352 g/mol.